The number of fused-ring (bicyclic) bond motifs is 1. The van der Waals surface area contributed by atoms with Crippen LogP contribution in [0.1, 0.15) is 53.6 Å². The van der Waals surface area contributed by atoms with Crippen molar-refractivity contribution < 1.29 is 4.74 Å². The Balaban J connectivity index is 1.37. The fourth-order valence-corrected chi connectivity index (χ4v) is 5.89. The molecule has 0 aliphatic carbocycles. The first kappa shape index (κ1) is 25.4. The number of nitrogens with zero attached hydrogens (tertiary/aromatic N) is 4. The Morgan fingerprint density at radius 1 is 0.821 bits per heavy atom. The van der Waals surface area contributed by atoms with E-state index in [0.717, 1.165) is 56.3 Å². The zero-order valence-electron chi connectivity index (χ0n) is 22.7. The summed E-state index contributed by atoms with van der Waals surface area (Å²) in [6.45, 7) is 2.94. The van der Waals surface area contributed by atoms with Crippen LogP contribution < -0.4 is 4.74 Å². The van der Waals surface area contributed by atoms with Gasteiger partial charge in [0.2, 0.25) is 0 Å². The third-order valence-electron chi connectivity index (χ3n) is 8.05. The van der Waals surface area contributed by atoms with Crippen LogP contribution in [0, 0.1) is 0 Å². The van der Waals surface area contributed by atoms with Crippen LogP contribution in [0.15, 0.2) is 85.1 Å². The Morgan fingerprint density at radius 2 is 1.59 bits per heavy atom. The molecule has 1 unspecified atom stereocenters. The average molecular weight is 520 g/mol. The summed E-state index contributed by atoms with van der Waals surface area (Å²) in [7, 11) is 1.71. The van der Waals surface area contributed by atoms with Crippen molar-refractivity contribution in [2.45, 2.75) is 51.1 Å². The number of ether oxygens (including phenoxy) is 1. The minimum atomic E-state index is 0.167. The van der Waals surface area contributed by atoms with Gasteiger partial charge in [-0.2, -0.15) is 0 Å². The first-order chi connectivity index (χ1) is 19.3. The maximum absolute atomic E-state index is 5.41. The summed E-state index contributed by atoms with van der Waals surface area (Å²) in [5.74, 6) is 2.99. The van der Waals surface area contributed by atoms with Gasteiger partial charge < -0.3 is 14.3 Å². The smallest absolute Gasteiger partial charge is 0.151 e. The number of aromatic amines is 1. The van der Waals surface area contributed by atoms with Crippen LogP contribution in [0.5, 0.6) is 5.75 Å². The van der Waals surface area contributed by atoms with Crippen LogP contribution in [0.4, 0.5) is 0 Å². The fourth-order valence-electron chi connectivity index (χ4n) is 5.89. The Bertz CT molecular complexity index is 1480. The molecule has 0 radical (unpaired) electrons. The molecular formula is C33H37N5O. The van der Waals surface area contributed by atoms with Crippen LogP contribution >= 0.6 is 0 Å². The molecule has 0 bridgehead atoms. The maximum atomic E-state index is 5.41. The molecule has 1 fully saturated rings. The lowest BCUT2D eigenvalue weighted by Crippen LogP contribution is -2.36. The third-order valence-corrected chi connectivity index (χ3v) is 8.05. The maximum Gasteiger partial charge on any atom is 0.151 e. The highest BCUT2D eigenvalue weighted by Gasteiger charge is 2.29. The molecular weight excluding hydrogens is 482 g/mol. The Hall–Kier alpha value is -3.90. The van der Waals surface area contributed by atoms with E-state index >= 15 is 0 Å². The predicted molar refractivity (Wildman–Crippen MR) is 156 cm³/mol. The number of hydrogen-bond acceptors (Lipinski definition) is 4. The topological polar surface area (TPSA) is 59.0 Å². The van der Waals surface area contributed by atoms with Crippen molar-refractivity contribution in [3.05, 3.63) is 113 Å². The van der Waals surface area contributed by atoms with E-state index in [0.29, 0.717) is 0 Å². The van der Waals surface area contributed by atoms with Gasteiger partial charge in [0.15, 0.2) is 5.82 Å². The highest BCUT2D eigenvalue weighted by molar-refractivity contribution is 5.83. The van der Waals surface area contributed by atoms with E-state index in [4.69, 9.17) is 14.9 Å². The SMILES string of the molecule is COc1ccc(Cn2c(CCc3ccccc3)nnc2C(Cc2c[nH]c3ccccc23)N2CCCCC2)cc1. The number of H-pyrrole nitrogens is 1. The lowest BCUT2D eigenvalue weighted by atomic mass is 10.00. The zero-order chi connectivity index (χ0) is 26.4. The van der Waals surface area contributed by atoms with Gasteiger partial charge in [0.25, 0.3) is 0 Å². The number of para-hydroxylation sites is 1. The van der Waals surface area contributed by atoms with E-state index in [1.165, 1.54) is 46.9 Å². The van der Waals surface area contributed by atoms with E-state index in [9.17, 15) is 0 Å². The first-order valence-corrected chi connectivity index (χ1v) is 14.2. The number of rotatable bonds is 10. The van der Waals surface area contributed by atoms with E-state index < -0.39 is 0 Å². The van der Waals surface area contributed by atoms with Crippen LogP contribution in [-0.2, 0) is 25.8 Å². The molecule has 1 aliphatic rings. The largest absolute Gasteiger partial charge is 0.497 e. The summed E-state index contributed by atoms with van der Waals surface area (Å²) in [6, 6.07) is 27.8. The summed E-state index contributed by atoms with van der Waals surface area (Å²) in [4.78, 5) is 6.12. The van der Waals surface area contributed by atoms with Gasteiger partial charge in [0.05, 0.1) is 19.7 Å². The second-order valence-corrected chi connectivity index (χ2v) is 10.6. The number of nitrogens with one attached hydrogen (secondary N) is 1. The summed E-state index contributed by atoms with van der Waals surface area (Å²) in [5.41, 5.74) is 5.07. The van der Waals surface area contributed by atoms with Crippen molar-refractivity contribution in [1.82, 2.24) is 24.6 Å². The highest BCUT2D eigenvalue weighted by atomic mass is 16.5. The van der Waals surface area contributed by atoms with E-state index in [-0.39, 0.29) is 6.04 Å². The minimum Gasteiger partial charge on any atom is -0.497 e. The molecule has 2 aromatic heterocycles. The van der Waals surface area contributed by atoms with Crippen molar-refractivity contribution in [3.63, 3.8) is 0 Å². The summed E-state index contributed by atoms with van der Waals surface area (Å²) >= 11 is 0. The lowest BCUT2D eigenvalue weighted by molar-refractivity contribution is 0.153. The minimum absolute atomic E-state index is 0.167. The number of likely N-dealkylation sites (tertiary alicyclic amines) is 1. The van der Waals surface area contributed by atoms with E-state index in [1.54, 1.807) is 7.11 Å². The van der Waals surface area contributed by atoms with Crippen molar-refractivity contribution in [2.75, 3.05) is 20.2 Å². The normalized spacial score (nSPS) is 15.0. The summed E-state index contributed by atoms with van der Waals surface area (Å²) < 4.78 is 7.80. The van der Waals surface area contributed by atoms with Gasteiger partial charge in [-0.3, -0.25) is 4.90 Å². The molecule has 200 valence electrons. The molecule has 5 aromatic rings. The molecule has 3 aromatic carbocycles. The summed E-state index contributed by atoms with van der Waals surface area (Å²) in [6.07, 6.45) is 8.66. The van der Waals surface area contributed by atoms with Crippen molar-refractivity contribution in [2.24, 2.45) is 0 Å². The third kappa shape index (κ3) is 5.76. The molecule has 0 spiro atoms. The number of hydrogen-bond donors (Lipinski definition) is 1. The van der Waals surface area contributed by atoms with Crippen molar-refractivity contribution in [3.8, 4) is 5.75 Å². The molecule has 1 aliphatic heterocycles. The number of piperidine rings is 1. The molecule has 1 atom stereocenters. The first-order valence-electron chi connectivity index (χ1n) is 14.2. The molecule has 0 saturated carbocycles. The highest BCUT2D eigenvalue weighted by Crippen LogP contribution is 2.31. The number of benzene rings is 3. The Labute approximate surface area is 230 Å². The van der Waals surface area contributed by atoms with Crippen LogP contribution in [-0.4, -0.2) is 44.8 Å². The number of aromatic nitrogens is 4. The molecule has 6 nitrogen and oxygen atoms in total. The predicted octanol–water partition coefficient (Wildman–Crippen LogP) is 6.37. The zero-order valence-corrected chi connectivity index (χ0v) is 22.7. The number of methoxy groups -OCH3 is 1. The molecule has 39 heavy (non-hydrogen) atoms. The van der Waals surface area contributed by atoms with Crippen LogP contribution in [0.2, 0.25) is 0 Å². The van der Waals surface area contributed by atoms with Crippen LogP contribution in [0.3, 0.4) is 0 Å². The van der Waals surface area contributed by atoms with Gasteiger partial charge in [0.1, 0.15) is 11.6 Å². The number of aryl methyl sites for hydroxylation is 2. The van der Waals surface area contributed by atoms with Gasteiger partial charge in [-0.1, -0.05) is 67.1 Å². The molecule has 1 saturated heterocycles. The second-order valence-electron chi connectivity index (χ2n) is 10.6. The van der Waals surface area contributed by atoms with E-state index in [1.807, 2.05) is 12.1 Å². The molecule has 6 rings (SSSR count). The quantitative estimate of drug-likeness (QED) is 0.233. The average Bonchev–Trinajstić information content (AvgIpc) is 3.60. The summed E-state index contributed by atoms with van der Waals surface area (Å²) in [5, 5.41) is 11.0. The van der Waals surface area contributed by atoms with Gasteiger partial charge in [0, 0.05) is 23.5 Å². The monoisotopic (exact) mass is 519 g/mol. The van der Waals surface area contributed by atoms with Crippen molar-refractivity contribution >= 4 is 10.9 Å². The molecule has 0 amide bonds. The van der Waals surface area contributed by atoms with Gasteiger partial charge in [-0.05, 0) is 73.7 Å². The van der Waals surface area contributed by atoms with E-state index in [2.05, 4.69) is 87.4 Å². The standard InChI is InChI=1S/C33H37N5O/c1-39-28-17-14-26(15-18-28)24-38-32(19-16-25-10-4-2-5-11-25)35-36-33(38)31(37-20-8-3-9-21-37)22-27-23-34-30-13-7-6-12-29(27)30/h2,4-7,10-15,17-18,23,31,34H,3,8-9,16,19-22,24H2,1H3. The van der Waals surface area contributed by atoms with Gasteiger partial charge in [-0.15, -0.1) is 10.2 Å². The molecule has 3 heterocycles. The Kier molecular flexibility index (Phi) is 7.73. The lowest BCUT2D eigenvalue weighted by Gasteiger charge is -2.34. The fraction of sp³-hybridized carbons (Fsp3) is 0.333. The van der Waals surface area contributed by atoms with Crippen LogP contribution in [0.25, 0.3) is 10.9 Å². The Morgan fingerprint density at radius 3 is 2.38 bits per heavy atom. The van der Waals surface area contributed by atoms with Crippen molar-refractivity contribution in [1.29, 1.82) is 0 Å². The molecule has 6 heteroatoms. The second kappa shape index (κ2) is 11.9. The van der Waals surface area contributed by atoms with Gasteiger partial charge in [-0.25, -0.2) is 0 Å². The molecule has 1 N–H and O–H groups in total. The van der Waals surface area contributed by atoms with Gasteiger partial charge >= 0.3 is 0 Å².